The van der Waals surface area contributed by atoms with Crippen LogP contribution in [0.15, 0.2) is 48.5 Å². The predicted molar refractivity (Wildman–Crippen MR) is 103 cm³/mol. The molecule has 1 amide bonds. The number of carbonyl (C=O) groups is 1. The van der Waals surface area contributed by atoms with Gasteiger partial charge in [-0.15, -0.1) is 0 Å². The number of nitro benzene ring substituents is 1. The van der Waals surface area contributed by atoms with Crippen molar-refractivity contribution in [2.45, 2.75) is 44.4 Å². The Morgan fingerprint density at radius 1 is 1.11 bits per heavy atom. The molecular weight excluding hydrogens is 346 g/mol. The van der Waals surface area contributed by atoms with E-state index in [1.807, 2.05) is 30.3 Å². The Hall–Kier alpha value is -2.93. The van der Waals surface area contributed by atoms with E-state index in [2.05, 4.69) is 10.6 Å². The lowest BCUT2D eigenvalue weighted by atomic mass is 9.92. The van der Waals surface area contributed by atoms with Gasteiger partial charge in [-0.3, -0.25) is 14.9 Å². The van der Waals surface area contributed by atoms with Crippen LogP contribution in [0.1, 0.15) is 41.6 Å². The maximum Gasteiger partial charge on any atom is 0.270 e. The van der Waals surface area contributed by atoms with Crippen LogP contribution in [0.4, 0.5) is 11.4 Å². The molecule has 1 fully saturated rings. The molecule has 2 aromatic carbocycles. The van der Waals surface area contributed by atoms with E-state index in [0.29, 0.717) is 25.1 Å². The van der Waals surface area contributed by atoms with E-state index in [1.54, 1.807) is 6.07 Å². The molecule has 7 heteroatoms. The number of benzene rings is 2. The number of amides is 1. The van der Waals surface area contributed by atoms with Crippen molar-refractivity contribution in [3.63, 3.8) is 0 Å². The lowest BCUT2D eigenvalue weighted by Gasteiger charge is -2.27. The van der Waals surface area contributed by atoms with Gasteiger partial charge >= 0.3 is 0 Å². The summed E-state index contributed by atoms with van der Waals surface area (Å²) in [5, 5.41) is 26.9. The summed E-state index contributed by atoms with van der Waals surface area (Å²) in [5.74, 6) is -0.360. The van der Waals surface area contributed by atoms with Gasteiger partial charge in [0.15, 0.2) is 0 Å². The Morgan fingerprint density at radius 2 is 1.81 bits per heavy atom. The highest BCUT2D eigenvalue weighted by atomic mass is 16.6. The molecule has 0 radical (unpaired) electrons. The van der Waals surface area contributed by atoms with Gasteiger partial charge in [0.1, 0.15) is 0 Å². The summed E-state index contributed by atoms with van der Waals surface area (Å²) in [7, 11) is 0. The van der Waals surface area contributed by atoms with Crippen LogP contribution >= 0.6 is 0 Å². The van der Waals surface area contributed by atoms with Crippen molar-refractivity contribution in [2.24, 2.45) is 0 Å². The van der Waals surface area contributed by atoms with Crippen molar-refractivity contribution < 1.29 is 14.8 Å². The van der Waals surface area contributed by atoms with E-state index in [0.717, 1.165) is 18.4 Å². The first-order valence-corrected chi connectivity index (χ1v) is 9.08. The highest BCUT2D eigenvalue weighted by Gasteiger charge is 2.22. The van der Waals surface area contributed by atoms with Gasteiger partial charge in [0.05, 0.1) is 16.6 Å². The van der Waals surface area contributed by atoms with Crippen LogP contribution in [0.3, 0.4) is 0 Å². The standard InChI is InChI=1S/C20H23N3O4/c24-17-9-6-15(7-10-17)22-19-11-8-16(23(26)27)12-18(19)20(25)21-13-14-4-2-1-3-5-14/h1-5,8,11-12,15,17,22,24H,6-7,9-10,13H2,(H,21,25)/t15-,17-. The predicted octanol–water partition coefficient (Wildman–Crippen LogP) is 3.24. The first kappa shape index (κ1) is 18.8. The van der Waals surface area contributed by atoms with Crippen LogP contribution in [0.5, 0.6) is 0 Å². The monoisotopic (exact) mass is 369 g/mol. The molecule has 0 aromatic heterocycles. The van der Waals surface area contributed by atoms with E-state index in [-0.39, 0.29) is 29.3 Å². The quantitative estimate of drug-likeness (QED) is 0.536. The van der Waals surface area contributed by atoms with Gasteiger partial charge in [0.25, 0.3) is 11.6 Å². The van der Waals surface area contributed by atoms with Crippen molar-refractivity contribution in [1.82, 2.24) is 5.32 Å². The SMILES string of the molecule is O=C(NCc1ccccc1)c1cc([N+](=O)[O-])ccc1N[C@H]1CC[C@H](O)CC1. The number of nitro groups is 1. The van der Waals surface area contributed by atoms with Crippen LogP contribution < -0.4 is 10.6 Å². The molecule has 142 valence electrons. The van der Waals surface area contributed by atoms with Crippen molar-refractivity contribution in [3.05, 3.63) is 69.8 Å². The second-order valence-corrected chi connectivity index (χ2v) is 6.81. The number of aliphatic hydroxyl groups excluding tert-OH is 1. The molecule has 3 rings (SSSR count). The summed E-state index contributed by atoms with van der Waals surface area (Å²) in [6.45, 7) is 0.345. The molecular formula is C20H23N3O4. The maximum atomic E-state index is 12.7. The molecule has 3 N–H and O–H groups in total. The average molecular weight is 369 g/mol. The summed E-state index contributed by atoms with van der Waals surface area (Å²) >= 11 is 0. The van der Waals surface area contributed by atoms with Gasteiger partial charge in [-0.05, 0) is 37.3 Å². The van der Waals surface area contributed by atoms with Crippen molar-refractivity contribution in [3.8, 4) is 0 Å². The van der Waals surface area contributed by atoms with E-state index < -0.39 is 4.92 Å². The largest absolute Gasteiger partial charge is 0.393 e. The van der Waals surface area contributed by atoms with Crippen LogP contribution in [0.25, 0.3) is 0 Å². The van der Waals surface area contributed by atoms with Gasteiger partial charge in [-0.25, -0.2) is 0 Å². The third kappa shape index (κ3) is 5.04. The number of hydrogen-bond acceptors (Lipinski definition) is 5. The smallest absolute Gasteiger partial charge is 0.270 e. The van der Waals surface area contributed by atoms with Crippen LogP contribution in [-0.2, 0) is 6.54 Å². The highest BCUT2D eigenvalue weighted by molar-refractivity contribution is 6.00. The molecule has 0 bridgehead atoms. The minimum atomic E-state index is -0.505. The first-order chi connectivity index (χ1) is 13.0. The van der Waals surface area contributed by atoms with Gasteiger partial charge in [-0.1, -0.05) is 30.3 Å². The second kappa shape index (κ2) is 8.64. The zero-order valence-corrected chi connectivity index (χ0v) is 14.9. The summed E-state index contributed by atoms with van der Waals surface area (Å²) in [6.07, 6.45) is 2.74. The highest BCUT2D eigenvalue weighted by Crippen LogP contribution is 2.27. The summed E-state index contributed by atoms with van der Waals surface area (Å²) < 4.78 is 0. The summed E-state index contributed by atoms with van der Waals surface area (Å²) in [6, 6.07) is 13.9. The summed E-state index contributed by atoms with van der Waals surface area (Å²) in [5.41, 5.74) is 1.66. The Kier molecular flexibility index (Phi) is 6.03. The van der Waals surface area contributed by atoms with Gasteiger partial charge < -0.3 is 15.7 Å². The van der Waals surface area contributed by atoms with E-state index in [1.165, 1.54) is 12.1 Å². The van der Waals surface area contributed by atoms with Gasteiger partial charge in [-0.2, -0.15) is 0 Å². The third-order valence-electron chi connectivity index (χ3n) is 4.81. The molecule has 1 aliphatic rings. The molecule has 1 saturated carbocycles. The number of non-ortho nitro benzene ring substituents is 1. The molecule has 7 nitrogen and oxygen atoms in total. The molecule has 27 heavy (non-hydrogen) atoms. The molecule has 0 heterocycles. The molecule has 0 atom stereocenters. The summed E-state index contributed by atoms with van der Waals surface area (Å²) in [4.78, 5) is 23.3. The van der Waals surface area contributed by atoms with Crippen LogP contribution in [0, 0.1) is 10.1 Å². The van der Waals surface area contributed by atoms with Gasteiger partial charge in [0, 0.05) is 30.4 Å². The Morgan fingerprint density at radius 3 is 2.48 bits per heavy atom. The second-order valence-electron chi connectivity index (χ2n) is 6.81. The zero-order valence-electron chi connectivity index (χ0n) is 14.9. The number of anilines is 1. The van der Waals surface area contributed by atoms with E-state index in [9.17, 15) is 20.0 Å². The molecule has 0 aliphatic heterocycles. The number of hydrogen-bond donors (Lipinski definition) is 3. The van der Waals surface area contributed by atoms with Crippen LogP contribution in [0.2, 0.25) is 0 Å². The Bertz CT molecular complexity index is 802. The topological polar surface area (TPSA) is 104 Å². The molecule has 0 spiro atoms. The van der Waals surface area contributed by atoms with Gasteiger partial charge in [0.2, 0.25) is 0 Å². The maximum absolute atomic E-state index is 12.7. The lowest BCUT2D eigenvalue weighted by Crippen LogP contribution is -2.30. The molecule has 1 aliphatic carbocycles. The lowest BCUT2D eigenvalue weighted by molar-refractivity contribution is -0.384. The minimum Gasteiger partial charge on any atom is -0.393 e. The Labute approximate surface area is 157 Å². The van der Waals surface area contributed by atoms with E-state index in [4.69, 9.17) is 0 Å². The first-order valence-electron chi connectivity index (χ1n) is 9.08. The number of nitrogens with one attached hydrogen (secondary N) is 2. The minimum absolute atomic E-state index is 0.121. The average Bonchev–Trinajstić information content (AvgIpc) is 2.69. The third-order valence-corrected chi connectivity index (χ3v) is 4.81. The van der Waals surface area contributed by atoms with Crippen molar-refractivity contribution in [1.29, 1.82) is 0 Å². The number of carbonyl (C=O) groups excluding carboxylic acids is 1. The molecule has 0 unspecified atom stereocenters. The number of rotatable bonds is 6. The molecule has 0 saturated heterocycles. The normalized spacial score (nSPS) is 19.3. The van der Waals surface area contributed by atoms with Crippen molar-refractivity contribution >= 4 is 17.3 Å². The zero-order chi connectivity index (χ0) is 19.2. The molecule has 2 aromatic rings. The number of nitrogens with zero attached hydrogens (tertiary/aromatic N) is 1. The Balaban J connectivity index is 1.76. The van der Waals surface area contributed by atoms with Crippen LogP contribution in [-0.4, -0.2) is 28.1 Å². The fraction of sp³-hybridized carbons (Fsp3) is 0.350. The van der Waals surface area contributed by atoms with E-state index >= 15 is 0 Å². The fourth-order valence-corrected chi connectivity index (χ4v) is 3.27. The van der Waals surface area contributed by atoms with Crippen molar-refractivity contribution in [2.75, 3.05) is 5.32 Å². The number of aliphatic hydroxyl groups is 1. The fourth-order valence-electron chi connectivity index (χ4n) is 3.27.